The number of nitrogens with two attached hydrogens (primary N) is 1. The zero-order valence-corrected chi connectivity index (χ0v) is 10.3. The molecule has 0 saturated carbocycles. The molecule has 1 aromatic carbocycles. The van der Waals surface area contributed by atoms with Crippen LogP contribution >= 0.6 is 23.2 Å². The second kappa shape index (κ2) is 6.33. The highest BCUT2D eigenvalue weighted by Crippen LogP contribution is 2.22. The van der Waals surface area contributed by atoms with Gasteiger partial charge in [0.25, 0.3) is 0 Å². The summed E-state index contributed by atoms with van der Waals surface area (Å²) in [6.45, 7) is 3.71. The summed E-state index contributed by atoms with van der Waals surface area (Å²) in [5.41, 5.74) is 6.77. The van der Waals surface area contributed by atoms with E-state index in [2.05, 4.69) is 5.32 Å². The Labute approximate surface area is 101 Å². The van der Waals surface area contributed by atoms with Crippen molar-refractivity contribution in [2.24, 2.45) is 5.73 Å². The van der Waals surface area contributed by atoms with Crippen LogP contribution in [0.1, 0.15) is 18.9 Å². The first-order valence-corrected chi connectivity index (χ1v) is 5.75. The van der Waals surface area contributed by atoms with E-state index in [0.717, 1.165) is 25.1 Å². The molecule has 0 aliphatic heterocycles. The van der Waals surface area contributed by atoms with Crippen molar-refractivity contribution in [2.45, 2.75) is 25.9 Å². The molecule has 0 fully saturated rings. The van der Waals surface area contributed by atoms with Gasteiger partial charge in [0, 0.05) is 12.6 Å². The molecule has 15 heavy (non-hydrogen) atoms. The van der Waals surface area contributed by atoms with Crippen LogP contribution in [0.4, 0.5) is 0 Å². The van der Waals surface area contributed by atoms with Crippen molar-refractivity contribution < 1.29 is 0 Å². The van der Waals surface area contributed by atoms with Gasteiger partial charge in [-0.2, -0.15) is 0 Å². The molecule has 2 nitrogen and oxygen atoms in total. The summed E-state index contributed by atoms with van der Waals surface area (Å²) in [6.07, 6.45) is 0.974. The molecule has 1 rings (SSSR count). The first-order chi connectivity index (χ1) is 7.09. The van der Waals surface area contributed by atoms with Gasteiger partial charge in [-0.15, -0.1) is 0 Å². The fourth-order valence-corrected chi connectivity index (χ4v) is 1.53. The molecule has 0 spiro atoms. The van der Waals surface area contributed by atoms with Crippen LogP contribution in [0.25, 0.3) is 0 Å². The summed E-state index contributed by atoms with van der Waals surface area (Å²) in [5.74, 6) is 0. The number of hydrogen-bond acceptors (Lipinski definition) is 2. The molecule has 0 heterocycles. The van der Waals surface area contributed by atoms with Crippen molar-refractivity contribution in [1.29, 1.82) is 0 Å². The van der Waals surface area contributed by atoms with Crippen molar-refractivity contribution in [3.63, 3.8) is 0 Å². The monoisotopic (exact) mass is 246 g/mol. The summed E-state index contributed by atoms with van der Waals surface area (Å²) in [7, 11) is 0. The molecule has 0 amide bonds. The van der Waals surface area contributed by atoms with Crippen LogP contribution < -0.4 is 11.1 Å². The number of rotatable bonds is 5. The Balaban J connectivity index is 2.35. The van der Waals surface area contributed by atoms with Gasteiger partial charge < -0.3 is 11.1 Å². The van der Waals surface area contributed by atoms with Crippen LogP contribution in [-0.2, 0) is 6.54 Å². The third-order valence-electron chi connectivity index (χ3n) is 2.09. The van der Waals surface area contributed by atoms with Gasteiger partial charge in [0.1, 0.15) is 0 Å². The highest BCUT2D eigenvalue weighted by Gasteiger charge is 1.99. The molecule has 1 aromatic rings. The lowest BCUT2D eigenvalue weighted by atomic mass is 10.2. The predicted molar refractivity (Wildman–Crippen MR) is 66.4 cm³/mol. The van der Waals surface area contributed by atoms with Crippen LogP contribution in [0.15, 0.2) is 18.2 Å². The molecule has 0 aliphatic rings. The first kappa shape index (κ1) is 12.8. The average Bonchev–Trinajstić information content (AvgIpc) is 2.18. The lowest BCUT2D eigenvalue weighted by Gasteiger charge is -2.07. The Morgan fingerprint density at radius 1 is 1.33 bits per heavy atom. The van der Waals surface area contributed by atoms with Crippen LogP contribution in [0.2, 0.25) is 10.0 Å². The normalized spacial score (nSPS) is 12.8. The van der Waals surface area contributed by atoms with Gasteiger partial charge in [-0.1, -0.05) is 29.3 Å². The fraction of sp³-hybridized carbons (Fsp3) is 0.455. The Morgan fingerprint density at radius 3 is 2.67 bits per heavy atom. The van der Waals surface area contributed by atoms with Crippen LogP contribution in [0, 0.1) is 0 Å². The van der Waals surface area contributed by atoms with E-state index in [0.29, 0.717) is 10.0 Å². The van der Waals surface area contributed by atoms with E-state index in [4.69, 9.17) is 28.9 Å². The van der Waals surface area contributed by atoms with Crippen molar-refractivity contribution in [1.82, 2.24) is 5.32 Å². The smallest absolute Gasteiger partial charge is 0.0595 e. The molecule has 1 atom stereocenters. The summed E-state index contributed by atoms with van der Waals surface area (Å²) >= 11 is 11.7. The van der Waals surface area contributed by atoms with Gasteiger partial charge in [-0.25, -0.2) is 0 Å². The van der Waals surface area contributed by atoms with Gasteiger partial charge in [-0.3, -0.25) is 0 Å². The average molecular weight is 247 g/mol. The lowest BCUT2D eigenvalue weighted by molar-refractivity contribution is 0.589. The largest absolute Gasteiger partial charge is 0.328 e. The highest BCUT2D eigenvalue weighted by atomic mass is 35.5. The lowest BCUT2D eigenvalue weighted by Crippen LogP contribution is -2.23. The summed E-state index contributed by atoms with van der Waals surface area (Å²) in [5, 5.41) is 4.49. The predicted octanol–water partition coefficient (Wildman–Crippen LogP) is 2.82. The minimum absolute atomic E-state index is 0.242. The minimum atomic E-state index is 0.242. The quantitative estimate of drug-likeness (QED) is 0.785. The molecule has 0 aromatic heterocycles. The van der Waals surface area contributed by atoms with Crippen molar-refractivity contribution >= 4 is 23.2 Å². The van der Waals surface area contributed by atoms with Crippen molar-refractivity contribution in [2.75, 3.05) is 6.54 Å². The Bertz CT molecular complexity index is 313. The topological polar surface area (TPSA) is 38.0 Å². The summed E-state index contributed by atoms with van der Waals surface area (Å²) < 4.78 is 0. The molecular formula is C11H16Cl2N2. The van der Waals surface area contributed by atoms with E-state index in [1.54, 1.807) is 0 Å². The number of halogens is 2. The van der Waals surface area contributed by atoms with Crippen LogP contribution in [0.3, 0.4) is 0 Å². The summed E-state index contributed by atoms with van der Waals surface area (Å²) in [6, 6.07) is 5.90. The Kier molecular flexibility index (Phi) is 5.40. The second-order valence-corrected chi connectivity index (χ2v) is 4.51. The summed E-state index contributed by atoms with van der Waals surface area (Å²) in [4.78, 5) is 0. The van der Waals surface area contributed by atoms with E-state index >= 15 is 0 Å². The van der Waals surface area contributed by atoms with Crippen LogP contribution in [-0.4, -0.2) is 12.6 Å². The maximum absolute atomic E-state index is 5.90. The molecule has 0 aliphatic carbocycles. The van der Waals surface area contributed by atoms with E-state index in [-0.39, 0.29) is 6.04 Å². The van der Waals surface area contributed by atoms with Crippen molar-refractivity contribution in [3.8, 4) is 0 Å². The molecule has 0 bridgehead atoms. The molecule has 3 N–H and O–H groups in total. The molecule has 0 saturated heterocycles. The van der Waals surface area contributed by atoms with Gasteiger partial charge in [0.15, 0.2) is 0 Å². The van der Waals surface area contributed by atoms with E-state index < -0.39 is 0 Å². The third-order valence-corrected chi connectivity index (χ3v) is 2.83. The first-order valence-electron chi connectivity index (χ1n) is 5.00. The molecule has 4 heteroatoms. The molecule has 84 valence electrons. The van der Waals surface area contributed by atoms with Crippen LogP contribution in [0.5, 0.6) is 0 Å². The number of nitrogens with one attached hydrogen (secondary N) is 1. The molecule has 1 unspecified atom stereocenters. The van der Waals surface area contributed by atoms with Gasteiger partial charge in [-0.05, 0) is 37.6 Å². The number of hydrogen-bond donors (Lipinski definition) is 2. The van der Waals surface area contributed by atoms with Gasteiger partial charge >= 0.3 is 0 Å². The maximum atomic E-state index is 5.90. The van der Waals surface area contributed by atoms with Crippen molar-refractivity contribution in [3.05, 3.63) is 33.8 Å². The zero-order chi connectivity index (χ0) is 11.3. The van der Waals surface area contributed by atoms with Gasteiger partial charge in [0.05, 0.1) is 10.0 Å². The minimum Gasteiger partial charge on any atom is -0.328 e. The van der Waals surface area contributed by atoms with E-state index in [1.807, 2.05) is 25.1 Å². The molecular weight excluding hydrogens is 231 g/mol. The number of benzene rings is 1. The third kappa shape index (κ3) is 4.85. The highest BCUT2D eigenvalue weighted by molar-refractivity contribution is 6.42. The van der Waals surface area contributed by atoms with E-state index in [1.165, 1.54) is 0 Å². The maximum Gasteiger partial charge on any atom is 0.0595 e. The van der Waals surface area contributed by atoms with Gasteiger partial charge in [0.2, 0.25) is 0 Å². The second-order valence-electron chi connectivity index (χ2n) is 3.69. The standard InChI is InChI=1S/C11H16Cl2N2/c1-8(14)4-5-15-7-9-2-3-10(12)11(13)6-9/h2-3,6,8,15H,4-5,7,14H2,1H3. The molecule has 0 radical (unpaired) electrons. The van der Waals surface area contributed by atoms with E-state index in [9.17, 15) is 0 Å². The Hall–Kier alpha value is -0.280. The fourth-order valence-electron chi connectivity index (χ4n) is 1.21. The SMILES string of the molecule is CC(N)CCNCc1ccc(Cl)c(Cl)c1. The zero-order valence-electron chi connectivity index (χ0n) is 8.76. The Morgan fingerprint density at radius 2 is 2.07 bits per heavy atom.